The summed E-state index contributed by atoms with van der Waals surface area (Å²) in [7, 11) is 1.89. The smallest absolute Gasteiger partial charge is 0.0913 e. The van der Waals surface area contributed by atoms with Gasteiger partial charge in [0.2, 0.25) is 0 Å². The summed E-state index contributed by atoms with van der Waals surface area (Å²) >= 11 is 3.52. The van der Waals surface area contributed by atoms with Gasteiger partial charge < -0.3 is 9.84 Å². The standard InChI is InChI=1S/C13H23BrN2O2/c1-6-13(4,18-7-2)11(17)8-10-12(14)9(3)15-16(10)5/h11,17H,6-8H2,1-5H3. The maximum absolute atomic E-state index is 10.4. The van der Waals surface area contributed by atoms with Crippen molar-refractivity contribution in [2.45, 2.75) is 52.2 Å². The second-order valence-electron chi connectivity index (χ2n) is 4.79. The van der Waals surface area contributed by atoms with Crippen LogP contribution in [0.3, 0.4) is 0 Å². The van der Waals surface area contributed by atoms with Crippen molar-refractivity contribution in [3.8, 4) is 0 Å². The molecule has 0 aliphatic carbocycles. The van der Waals surface area contributed by atoms with Crippen LogP contribution < -0.4 is 0 Å². The van der Waals surface area contributed by atoms with Gasteiger partial charge >= 0.3 is 0 Å². The molecule has 4 nitrogen and oxygen atoms in total. The highest BCUT2D eigenvalue weighted by atomic mass is 79.9. The van der Waals surface area contributed by atoms with Crippen LogP contribution in [0.4, 0.5) is 0 Å². The summed E-state index contributed by atoms with van der Waals surface area (Å²) in [6, 6.07) is 0. The van der Waals surface area contributed by atoms with E-state index in [0.717, 1.165) is 22.3 Å². The molecule has 2 unspecified atom stereocenters. The Morgan fingerprint density at radius 1 is 1.50 bits per heavy atom. The van der Waals surface area contributed by atoms with Crippen LogP contribution in [0.5, 0.6) is 0 Å². The molecular weight excluding hydrogens is 296 g/mol. The first-order chi connectivity index (χ1) is 8.35. The lowest BCUT2D eigenvalue weighted by atomic mass is 9.92. The number of hydrogen-bond acceptors (Lipinski definition) is 3. The maximum Gasteiger partial charge on any atom is 0.0913 e. The third-order valence-electron chi connectivity index (χ3n) is 3.53. The molecule has 104 valence electrons. The van der Waals surface area contributed by atoms with Gasteiger partial charge in [0.1, 0.15) is 0 Å². The first-order valence-corrected chi connectivity index (χ1v) is 7.15. The average Bonchev–Trinajstić information content (AvgIpc) is 2.56. The van der Waals surface area contributed by atoms with E-state index in [1.165, 1.54) is 0 Å². The summed E-state index contributed by atoms with van der Waals surface area (Å²) in [6.45, 7) is 8.49. The fourth-order valence-electron chi connectivity index (χ4n) is 2.06. The number of aliphatic hydroxyl groups excluding tert-OH is 1. The molecule has 1 aromatic rings. The molecule has 0 aliphatic heterocycles. The number of nitrogens with zero attached hydrogens (tertiary/aromatic N) is 2. The molecule has 0 fully saturated rings. The molecule has 0 saturated carbocycles. The van der Waals surface area contributed by atoms with Gasteiger partial charge in [-0.15, -0.1) is 0 Å². The molecule has 18 heavy (non-hydrogen) atoms. The van der Waals surface area contributed by atoms with Gasteiger partial charge in [-0.1, -0.05) is 6.92 Å². The number of aromatic nitrogens is 2. The van der Waals surface area contributed by atoms with E-state index in [4.69, 9.17) is 4.74 Å². The highest BCUT2D eigenvalue weighted by Gasteiger charge is 2.33. The van der Waals surface area contributed by atoms with Crippen molar-refractivity contribution in [1.82, 2.24) is 9.78 Å². The monoisotopic (exact) mass is 318 g/mol. The third-order valence-corrected chi connectivity index (χ3v) is 4.56. The van der Waals surface area contributed by atoms with Crippen LogP contribution in [0.25, 0.3) is 0 Å². The summed E-state index contributed by atoms with van der Waals surface area (Å²) in [5, 5.41) is 14.8. The summed E-state index contributed by atoms with van der Waals surface area (Å²) in [5.74, 6) is 0. The van der Waals surface area contributed by atoms with E-state index in [2.05, 4.69) is 21.0 Å². The molecule has 0 saturated heterocycles. The van der Waals surface area contributed by atoms with Gasteiger partial charge in [-0.05, 0) is 43.1 Å². The number of aliphatic hydroxyl groups is 1. The summed E-state index contributed by atoms with van der Waals surface area (Å²) in [4.78, 5) is 0. The predicted octanol–water partition coefficient (Wildman–Crippen LogP) is 2.60. The number of rotatable bonds is 6. The van der Waals surface area contributed by atoms with E-state index in [1.807, 2.05) is 39.4 Å². The zero-order valence-corrected chi connectivity index (χ0v) is 13.4. The average molecular weight is 319 g/mol. The Labute approximate surface area is 117 Å². The molecule has 0 spiro atoms. The summed E-state index contributed by atoms with van der Waals surface area (Å²) < 4.78 is 8.49. The molecule has 1 N–H and O–H groups in total. The van der Waals surface area contributed by atoms with Crippen LogP contribution in [-0.4, -0.2) is 33.2 Å². The van der Waals surface area contributed by atoms with Crippen LogP contribution in [-0.2, 0) is 18.2 Å². The molecule has 0 bridgehead atoms. The van der Waals surface area contributed by atoms with Crippen molar-refractivity contribution in [2.24, 2.45) is 7.05 Å². The van der Waals surface area contributed by atoms with Gasteiger partial charge in [0.25, 0.3) is 0 Å². The minimum Gasteiger partial charge on any atom is -0.390 e. The quantitative estimate of drug-likeness (QED) is 0.877. The summed E-state index contributed by atoms with van der Waals surface area (Å²) in [5.41, 5.74) is 1.43. The van der Waals surface area contributed by atoms with Gasteiger partial charge in [0, 0.05) is 20.1 Å². The minimum absolute atomic E-state index is 0.508. The van der Waals surface area contributed by atoms with Crippen LogP contribution in [0.15, 0.2) is 4.47 Å². The van der Waals surface area contributed by atoms with E-state index < -0.39 is 11.7 Å². The Hall–Kier alpha value is -0.390. The van der Waals surface area contributed by atoms with Gasteiger partial charge in [0.05, 0.1) is 27.6 Å². The fraction of sp³-hybridized carbons (Fsp3) is 0.769. The lowest BCUT2D eigenvalue weighted by Gasteiger charge is -2.33. The Bertz CT molecular complexity index is 406. The van der Waals surface area contributed by atoms with E-state index in [9.17, 15) is 5.11 Å². The molecule has 1 heterocycles. The SMILES string of the molecule is CCOC(C)(CC)C(O)Cc1c(Br)c(C)nn1C. The second-order valence-corrected chi connectivity index (χ2v) is 5.58. The highest BCUT2D eigenvalue weighted by Crippen LogP contribution is 2.27. The van der Waals surface area contributed by atoms with Crippen LogP contribution >= 0.6 is 15.9 Å². The lowest BCUT2D eigenvalue weighted by Crippen LogP contribution is -2.43. The molecular formula is C13H23BrN2O2. The molecule has 0 aliphatic rings. The predicted molar refractivity (Wildman–Crippen MR) is 75.7 cm³/mol. The zero-order chi connectivity index (χ0) is 13.9. The van der Waals surface area contributed by atoms with Gasteiger partial charge in [-0.3, -0.25) is 4.68 Å². The molecule has 0 radical (unpaired) electrons. The number of hydrogen-bond donors (Lipinski definition) is 1. The molecule has 0 aromatic carbocycles. The molecule has 2 atom stereocenters. The van der Waals surface area contributed by atoms with Crippen molar-refractivity contribution in [1.29, 1.82) is 0 Å². The number of aryl methyl sites for hydroxylation is 2. The normalized spacial score (nSPS) is 16.6. The Morgan fingerprint density at radius 3 is 2.50 bits per heavy atom. The molecule has 5 heteroatoms. The zero-order valence-electron chi connectivity index (χ0n) is 11.8. The minimum atomic E-state index is -0.548. The maximum atomic E-state index is 10.4. The first kappa shape index (κ1) is 15.7. The van der Waals surface area contributed by atoms with Crippen molar-refractivity contribution in [3.05, 3.63) is 15.9 Å². The van der Waals surface area contributed by atoms with Crippen LogP contribution in [0.2, 0.25) is 0 Å². The van der Waals surface area contributed by atoms with E-state index in [1.54, 1.807) is 0 Å². The number of ether oxygens (including phenoxy) is 1. The first-order valence-electron chi connectivity index (χ1n) is 6.35. The lowest BCUT2D eigenvalue weighted by molar-refractivity contribution is -0.110. The van der Waals surface area contributed by atoms with Crippen molar-refractivity contribution in [3.63, 3.8) is 0 Å². The fourth-order valence-corrected chi connectivity index (χ4v) is 2.56. The third kappa shape index (κ3) is 3.13. The van der Waals surface area contributed by atoms with Gasteiger partial charge in [-0.25, -0.2) is 0 Å². The molecule has 1 aromatic heterocycles. The van der Waals surface area contributed by atoms with Gasteiger partial charge in [-0.2, -0.15) is 5.10 Å². The van der Waals surface area contributed by atoms with Crippen LogP contribution in [0.1, 0.15) is 38.6 Å². The Kier molecular flexibility index (Phi) is 5.37. The summed E-state index contributed by atoms with van der Waals surface area (Å²) in [6.07, 6.45) is 0.757. The topological polar surface area (TPSA) is 47.3 Å². The van der Waals surface area contributed by atoms with Crippen molar-refractivity contribution >= 4 is 15.9 Å². The van der Waals surface area contributed by atoms with E-state index in [-0.39, 0.29) is 0 Å². The molecule has 0 amide bonds. The van der Waals surface area contributed by atoms with E-state index in [0.29, 0.717) is 13.0 Å². The van der Waals surface area contributed by atoms with Crippen molar-refractivity contribution < 1.29 is 9.84 Å². The molecule has 1 rings (SSSR count). The highest BCUT2D eigenvalue weighted by molar-refractivity contribution is 9.10. The number of halogens is 1. The van der Waals surface area contributed by atoms with Crippen LogP contribution in [0, 0.1) is 6.92 Å². The Morgan fingerprint density at radius 2 is 2.11 bits per heavy atom. The largest absolute Gasteiger partial charge is 0.390 e. The second kappa shape index (κ2) is 6.17. The van der Waals surface area contributed by atoms with Gasteiger partial charge in [0.15, 0.2) is 0 Å². The van der Waals surface area contributed by atoms with E-state index >= 15 is 0 Å². The van der Waals surface area contributed by atoms with Crippen molar-refractivity contribution in [2.75, 3.05) is 6.61 Å². The Balaban J connectivity index is 2.89.